The Bertz CT molecular complexity index is 1180. The van der Waals surface area contributed by atoms with Crippen LogP contribution in [-0.2, 0) is 24.2 Å². The number of halogens is 1. The highest BCUT2D eigenvalue weighted by Gasteiger charge is 2.22. The first-order chi connectivity index (χ1) is 14.4. The molecule has 1 aromatic carbocycles. The monoisotopic (exact) mass is 553 g/mol. The van der Waals surface area contributed by atoms with E-state index in [0.29, 0.717) is 11.7 Å². The van der Waals surface area contributed by atoms with Gasteiger partial charge < -0.3 is 5.32 Å². The molecule has 1 amide bonds. The summed E-state index contributed by atoms with van der Waals surface area (Å²) in [6.07, 6.45) is 4.33. The Labute approximate surface area is 197 Å². The highest BCUT2D eigenvalue weighted by Crippen LogP contribution is 2.34. The molecule has 158 valence electrons. The first kappa shape index (κ1) is 21.8. The molecule has 1 aliphatic carbocycles. The fraction of sp³-hybridized carbons (Fsp3) is 0.409. The maximum atomic E-state index is 13.2. The van der Waals surface area contributed by atoms with Gasteiger partial charge in [0.1, 0.15) is 4.83 Å². The normalized spacial score (nSPS) is 13.5. The topological polar surface area (TPSA) is 64.0 Å². The standard InChI is InChI=1S/C22H24IN3O2S2/c1-4-26-21(28)18-15-7-5-6-8-16(15)30-20(18)25-22(26)29-11-17(27)24-19-12(2)9-14(23)10-13(19)3/h9-10H,4-8,11H2,1-3H3,(H,24,27). The molecule has 4 rings (SSSR count). The number of benzene rings is 1. The van der Waals surface area contributed by atoms with E-state index in [1.807, 2.05) is 20.8 Å². The number of hydrogen-bond donors (Lipinski definition) is 1. The number of aromatic nitrogens is 2. The molecule has 0 radical (unpaired) electrons. The number of thiophene rings is 1. The number of anilines is 1. The number of carbonyl (C=O) groups is 1. The molecule has 0 fully saturated rings. The van der Waals surface area contributed by atoms with Crippen LogP contribution in [-0.4, -0.2) is 21.2 Å². The van der Waals surface area contributed by atoms with Crippen molar-refractivity contribution in [3.63, 3.8) is 0 Å². The molecule has 1 aliphatic rings. The SMILES string of the molecule is CCn1c(SCC(=O)Nc2c(C)cc(I)cc2C)nc2sc3c(c2c1=O)CCCC3. The molecule has 1 N–H and O–H groups in total. The van der Waals surface area contributed by atoms with Gasteiger partial charge in [-0.1, -0.05) is 11.8 Å². The van der Waals surface area contributed by atoms with Crippen LogP contribution in [0.3, 0.4) is 0 Å². The number of rotatable bonds is 5. The summed E-state index contributed by atoms with van der Waals surface area (Å²) < 4.78 is 2.86. The van der Waals surface area contributed by atoms with Crippen LogP contribution in [0.15, 0.2) is 22.1 Å². The van der Waals surface area contributed by atoms with E-state index in [-0.39, 0.29) is 17.2 Å². The van der Waals surface area contributed by atoms with Gasteiger partial charge in [0.15, 0.2) is 5.16 Å². The van der Waals surface area contributed by atoms with Crippen LogP contribution in [0.2, 0.25) is 0 Å². The van der Waals surface area contributed by atoms with Crippen LogP contribution in [0.5, 0.6) is 0 Å². The van der Waals surface area contributed by atoms with Crippen LogP contribution in [0.1, 0.15) is 41.3 Å². The molecule has 30 heavy (non-hydrogen) atoms. The van der Waals surface area contributed by atoms with E-state index < -0.39 is 0 Å². The average Bonchev–Trinajstić information content (AvgIpc) is 3.07. The first-order valence-electron chi connectivity index (χ1n) is 10.1. The van der Waals surface area contributed by atoms with E-state index in [9.17, 15) is 9.59 Å². The summed E-state index contributed by atoms with van der Waals surface area (Å²) >= 11 is 5.26. The predicted molar refractivity (Wildman–Crippen MR) is 134 cm³/mol. The lowest BCUT2D eigenvalue weighted by atomic mass is 9.97. The van der Waals surface area contributed by atoms with E-state index >= 15 is 0 Å². The Morgan fingerprint density at radius 1 is 1.27 bits per heavy atom. The Balaban J connectivity index is 1.58. The lowest BCUT2D eigenvalue weighted by Gasteiger charge is -2.14. The van der Waals surface area contributed by atoms with E-state index in [2.05, 4.69) is 40.0 Å². The molecule has 0 aliphatic heterocycles. The Hall–Kier alpha value is -1.39. The summed E-state index contributed by atoms with van der Waals surface area (Å²) in [5, 5.41) is 4.46. The van der Waals surface area contributed by atoms with Crippen LogP contribution < -0.4 is 10.9 Å². The van der Waals surface area contributed by atoms with E-state index in [4.69, 9.17) is 4.98 Å². The van der Waals surface area contributed by atoms with Gasteiger partial charge in [0.05, 0.1) is 11.1 Å². The Morgan fingerprint density at radius 3 is 2.67 bits per heavy atom. The number of nitrogens with zero attached hydrogens (tertiary/aromatic N) is 2. The van der Waals surface area contributed by atoms with E-state index in [0.717, 1.165) is 49.9 Å². The summed E-state index contributed by atoms with van der Waals surface area (Å²) in [6, 6.07) is 4.11. The number of aryl methyl sites for hydroxylation is 4. The Kier molecular flexibility index (Phi) is 6.55. The summed E-state index contributed by atoms with van der Waals surface area (Å²) in [5.74, 6) is 0.128. The molecular formula is C22H24IN3O2S2. The van der Waals surface area contributed by atoms with E-state index in [1.54, 1.807) is 15.9 Å². The molecule has 5 nitrogen and oxygen atoms in total. The maximum absolute atomic E-state index is 13.2. The molecular weight excluding hydrogens is 529 g/mol. The molecule has 0 bridgehead atoms. The summed E-state index contributed by atoms with van der Waals surface area (Å²) in [7, 11) is 0. The van der Waals surface area contributed by atoms with Crippen LogP contribution in [0, 0.1) is 17.4 Å². The minimum absolute atomic E-state index is 0.0362. The highest BCUT2D eigenvalue weighted by atomic mass is 127. The molecule has 0 unspecified atom stereocenters. The molecule has 0 atom stereocenters. The minimum Gasteiger partial charge on any atom is -0.325 e. The van der Waals surface area contributed by atoms with Crippen molar-refractivity contribution in [2.75, 3.05) is 11.1 Å². The van der Waals surface area contributed by atoms with Gasteiger partial charge in [-0.15, -0.1) is 11.3 Å². The summed E-state index contributed by atoms with van der Waals surface area (Å²) in [4.78, 5) is 32.8. The number of amides is 1. The van der Waals surface area contributed by atoms with Gasteiger partial charge in [-0.05, 0) is 97.9 Å². The molecule has 0 saturated heterocycles. The van der Waals surface area contributed by atoms with Crippen molar-refractivity contribution < 1.29 is 4.79 Å². The fourth-order valence-electron chi connectivity index (χ4n) is 4.02. The smallest absolute Gasteiger partial charge is 0.263 e. The van der Waals surface area contributed by atoms with Crippen molar-refractivity contribution >= 4 is 67.5 Å². The number of hydrogen-bond acceptors (Lipinski definition) is 5. The number of carbonyl (C=O) groups excluding carboxylic acids is 1. The summed E-state index contributed by atoms with van der Waals surface area (Å²) in [5.41, 5.74) is 4.20. The second kappa shape index (κ2) is 9.00. The second-order valence-electron chi connectivity index (χ2n) is 7.59. The lowest BCUT2D eigenvalue weighted by Crippen LogP contribution is -2.24. The average molecular weight is 553 g/mol. The summed E-state index contributed by atoms with van der Waals surface area (Å²) in [6.45, 7) is 6.50. The van der Waals surface area contributed by atoms with Crippen LogP contribution in [0.25, 0.3) is 10.2 Å². The third-order valence-corrected chi connectivity index (χ3v) is 8.24. The van der Waals surface area contributed by atoms with Crippen LogP contribution in [0.4, 0.5) is 5.69 Å². The molecule has 2 heterocycles. The molecule has 0 saturated carbocycles. The second-order valence-corrected chi connectivity index (χ2v) is 10.9. The quantitative estimate of drug-likeness (QED) is 0.264. The van der Waals surface area contributed by atoms with Crippen molar-refractivity contribution in [2.45, 2.75) is 58.2 Å². The highest BCUT2D eigenvalue weighted by molar-refractivity contribution is 14.1. The van der Waals surface area contributed by atoms with Crippen molar-refractivity contribution in [1.82, 2.24) is 9.55 Å². The first-order valence-corrected chi connectivity index (χ1v) is 13.0. The van der Waals surface area contributed by atoms with Crippen molar-refractivity contribution in [3.05, 3.63) is 47.6 Å². The van der Waals surface area contributed by atoms with Gasteiger partial charge in [0, 0.05) is 20.7 Å². The molecule has 3 aromatic rings. The fourth-order valence-corrected chi connectivity index (χ4v) is 7.12. The Morgan fingerprint density at radius 2 is 1.97 bits per heavy atom. The third-order valence-electron chi connectivity index (χ3n) is 5.45. The largest absolute Gasteiger partial charge is 0.325 e. The molecule has 0 spiro atoms. The van der Waals surface area contributed by atoms with Crippen molar-refractivity contribution in [3.8, 4) is 0 Å². The van der Waals surface area contributed by atoms with Crippen molar-refractivity contribution in [1.29, 1.82) is 0 Å². The predicted octanol–water partition coefficient (Wildman–Crippen LogP) is 5.31. The zero-order valence-electron chi connectivity index (χ0n) is 17.3. The van der Waals surface area contributed by atoms with Gasteiger partial charge in [-0.3, -0.25) is 14.2 Å². The van der Waals surface area contributed by atoms with Gasteiger partial charge in [0.2, 0.25) is 5.91 Å². The minimum atomic E-state index is -0.0881. The molecule has 8 heteroatoms. The number of nitrogens with one attached hydrogen (secondary N) is 1. The van der Waals surface area contributed by atoms with Gasteiger partial charge in [-0.25, -0.2) is 4.98 Å². The van der Waals surface area contributed by atoms with Gasteiger partial charge >= 0.3 is 0 Å². The zero-order chi connectivity index (χ0) is 21.4. The number of fused-ring (bicyclic) bond motifs is 3. The van der Waals surface area contributed by atoms with Gasteiger partial charge in [0.25, 0.3) is 5.56 Å². The van der Waals surface area contributed by atoms with Crippen LogP contribution >= 0.6 is 45.7 Å². The lowest BCUT2D eigenvalue weighted by molar-refractivity contribution is -0.113. The third kappa shape index (κ3) is 4.18. The van der Waals surface area contributed by atoms with Crippen molar-refractivity contribution in [2.24, 2.45) is 0 Å². The van der Waals surface area contributed by atoms with Gasteiger partial charge in [-0.2, -0.15) is 0 Å². The number of thioether (sulfide) groups is 1. The maximum Gasteiger partial charge on any atom is 0.263 e. The molecule has 2 aromatic heterocycles. The van der Waals surface area contributed by atoms with E-state index in [1.165, 1.54) is 28.6 Å². The zero-order valence-corrected chi connectivity index (χ0v) is 21.1.